The van der Waals surface area contributed by atoms with Gasteiger partial charge in [-0.05, 0) is 11.6 Å². The van der Waals surface area contributed by atoms with Crippen molar-refractivity contribution in [2.24, 2.45) is 0 Å². The number of aliphatic hydroxyl groups is 2. The number of ether oxygens (including phenoxy) is 1. The highest BCUT2D eigenvalue weighted by atomic mass is 16.5. The fourth-order valence-electron chi connectivity index (χ4n) is 1.46. The molecule has 0 spiro atoms. The molecule has 0 atom stereocenters. The van der Waals surface area contributed by atoms with Gasteiger partial charge in [-0.1, -0.05) is 6.07 Å². The molecule has 2 N–H and O–H groups in total. The van der Waals surface area contributed by atoms with E-state index in [1.54, 1.807) is 18.5 Å². The maximum absolute atomic E-state index is 8.54. The molecule has 1 aromatic rings. The molecular weight excluding hydrogens is 220 g/mol. The Hall–Kier alpha value is -1.01. The molecule has 0 aliphatic carbocycles. The predicted octanol–water partition coefficient (Wildman–Crippen LogP) is -0.115. The van der Waals surface area contributed by atoms with E-state index in [4.69, 9.17) is 14.9 Å². The van der Waals surface area contributed by atoms with E-state index in [2.05, 4.69) is 9.88 Å². The summed E-state index contributed by atoms with van der Waals surface area (Å²) in [5.74, 6) is 0. The molecule has 2 heterocycles. The number of hydrogen-bond acceptors (Lipinski definition) is 5. The van der Waals surface area contributed by atoms with E-state index in [9.17, 15) is 0 Å². The van der Waals surface area contributed by atoms with Gasteiger partial charge in [0.05, 0.1) is 26.4 Å². The van der Waals surface area contributed by atoms with Crippen molar-refractivity contribution in [2.45, 2.75) is 6.61 Å². The molecule has 2 rings (SSSR count). The van der Waals surface area contributed by atoms with Gasteiger partial charge in [0.15, 0.2) is 0 Å². The summed E-state index contributed by atoms with van der Waals surface area (Å²) < 4.78 is 5.12. The molecule has 1 aromatic heterocycles. The van der Waals surface area contributed by atoms with Crippen LogP contribution >= 0.6 is 0 Å². The van der Waals surface area contributed by atoms with Crippen LogP contribution in [0.3, 0.4) is 0 Å². The lowest BCUT2D eigenvalue weighted by molar-refractivity contribution is 0.0306. The van der Waals surface area contributed by atoms with E-state index in [1.165, 1.54) is 0 Å². The Morgan fingerprint density at radius 1 is 1.29 bits per heavy atom. The Morgan fingerprint density at radius 3 is 2.53 bits per heavy atom. The third-order valence-corrected chi connectivity index (χ3v) is 2.43. The Morgan fingerprint density at radius 2 is 2.06 bits per heavy atom. The van der Waals surface area contributed by atoms with Crippen LogP contribution in [0.15, 0.2) is 24.5 Å². The fourth-order valence-corrected chi connectivity index (χ4v) is 1.46. The van der Waals surface area contributed by atoms with E-state index in [0.29, 0.717) is 0 Å². The van der Waals surface area contributed by atoms with Crippen molar-refractivity contribution in [2.75, 3.05) is 39.5 Å². The third kappa shape index (κ3) is 6.33. The highest BCUT2D eigenvalue weighted by Gasteiger charge is 2.07. The van der Waals surface area contributed by atoms with Gasteiger partial charge < -0.3 is 14.9 Å². The summed E-state index contributed by atoms with van der Waals surface area (Å²) in [6, 6.07) is 3.62. The number of morpholine rings is 1. The summed E-state index contributed by atoms with van der Waals surface area (Å²) in [5.41, 5.74) is 0.854. The van der Waals surface area contributed by atoms with Gasteiger partial charge in [-0.2, -0.15) is 0 Å². The first-order chi connectivity index (χ1) is 8.36. The zero-order valence-corrected chi connectivity index (χ0v) is 9.96. The monoisotopic (exact) mass is 240 g/mol. The van der Waals surface area contributed by atoms with Crippen LogP contribution in [0.1, 0.15) is 5.56 Å². The molecule has 0 amide bonds. The van der Waals surface area contributed by atoms with Crippen molar-refractivity contribution in [3.63, 3.8) is 0 Å². The molecule has 1 saturated heterocycles. The van der Waals surface area contributed by atoms with Gasteiger partial charge in [-0.3, -0.25) is 9.88 Å². The molecule has 1 aliphatic rings. The first kappa shape index (κ1) is 14.1. The second kappa shape index (κ2) is 9.07. The van der Waals surface area contributed by atoms with Gasteiger partial charge in [0.2, 0.25) is 0 Å². The van der Waals surface area contributed by atoms with Crippen molar-refractivity contribution in [1.82, 2.24) is 9.88 Å². The minimum Gasteiger partial charge on any atom is -0.395 e. The molecule has 0 aromatic carbocycles. The SMILES string of the molecule is OCCN1CCOCC1.OCc1cccnc1. The lowest BCUT2D eigenvalue weighted by Gasteiger charge is -2.25. The molecular formula is C12H20N2O3. The second-order valence-electron chi connectivity index (χ2n) is 3.70. The van der Waals surface area contributed by atoms with E-state index in [-0.39, 0.29) is 13.2 Å². The first-order valence-electron chi connectivity index (χ1n) is 5.77. The standard InChI is InChI=1S/C6H13NO2.C6H7NO/c8-4-1-7-2-5-9-6-3-7;8-5-6-2-1-3-7-4-6/h8H,1-6H2;1-4,8H,5H2. The van der Waals surface area contributed by atoms with Gasteiger partial charge in [-0.15, -0.1) is 0 Å². The molecule has 1 fully saturated rings. The number of hydrogen-bond donors (Lipinski definition) is 2. The van der Waals surface area contributed by atoms with Gasteiger partial charge in [0.1, 0.15) is 0 Å². The maximum Gasteiger partial charge on any atom is 0.0696 e. The van der Waals surface area contributed by atoms with Crippen LogP contribution in [0.5, 0.6) is 0 Å². The Kier molecular flexibility index (Phi) is 7.49. The van der Waals surface area contributed by atoms with Gasteiger partial charge >= 0.3 is 0 Å². The van der Waals surface area contributed by atoms with Gasteiger partial charge in [0, 0.05) is 32.0 Å². The molecule has 5 heteroatoms. The van der Waals surface area contributed by atoms with Crippen LogP contribution in [0.2, 0.25) is 0 Å². The molecule has 0 unspecified atom stereocenters. The van der Waals surface area contributed by atoms with Crippen LogP contribution in [-0.2, 0) is 11.3 Å². The highest BCUT2D eigenvalue weighted by molar-refractivity contribution is 5.06. The number of nitrogens with zero attached hydrogens (tertiary/aromatic N) is 2. The zero-order chi connectivity index (χ0) is 12.3. The lowest BCUT2D eigenvalue weighted by Crippen LogP contribution is -2.37. The fraction of sp³-hybridized carbons (Fsp3) is 0.583. The molecule has 0 saturated carbocycles. The van der Waals surface area contributed by atoms with Crippen molar-refractivity contribution < 1.29 is 14.9 Å². The lowest BCUT2D eigenvalue weighted by atomic mass is 10.3. The molecule has 0 bridgehead atoms. The van der Waals surface area contributed by atoms with Gasteiger partial charge in [-0.25, -0.2) is 0 Å². The van der Waals surface area contributed by atoms with Crippen LogP contribution in [0.4, 0.5) is 0 Å². The maximum atomic E-state index is 8.54. The van der Waals surface area contributed by atoms with Crippen LogP contribution < -0.4 is 0 Å². The first-order valence-corrected chi connectivity index (χ1v) is 5.77. The predicted molar refractivity (Wildman–Crippen MR) is 64.5 cm³/mol. The van der Waals surface area contributed by atoms with Gasteiger partial charge in [0.25, 0.3) is 0 Å². The Bertz CT molecular complexity index is 274. The number of β-amino-alcohol motifs (C(OH)–C–C–N with tert-alkyl or cyclic N) is 1. The minimum absolute atomic E-state index is 0.0772. The van der Waals surface area contributed by atoms with Crippen molar-refractivity contribution in [3.05, 3.63) is 30.1 Å². The number of aromatic nitrogens is 1. The number of rotatable bonds is 3. The van der Waals surface area contributed by atoms with Crippen LogP contribution in [0, 0.1) is 0 Å². The molecule has 96 valence electrons. The Balaban J connectivity index is 0.000000171. The summed E-state index contributed by atoms with van der Waals surface area (Å²) >= 11 is 0. The smallest absolute Gasteiger partial charge is 0.0696 e. The quantitative estimate of drug-likeness (QED) is 0.771. The molecule has 5 nitrogen and oxygen atoms in total. The van der Waals surface area contributed by atoms with E-state index >= 15 is 0 Å². The summed E-state index contributed by atoms with van der Waals surface area (Å²) in [4.78, 5) is 5.99. The van der Waals surface area contributed by atoms with Crippen LogP contribution in [-0.4, -0.2) is 59.6 Å². The van der Waals surface area contributed by atoms with Crippen LogP contribution in [0.25, 0.3) is 0 Å². The zero-order valence-electron chi connectivity index (χ0n) is 9.96. The summed E-state index contributed by atoms with van der Waals surface area (Å²) in [6.45, 7) is 4.72. The summed E-state index contributed by atoms with van der Waals surface area (Å²) in [7, 11) is 0. The van der Waals surface area contributed by atoms with E-state index < -0.39 is 0 Å². The summed E-state index contributed by atoms with van der Waals surface area (Å²) in [5, 5.41) is 17.0. The van der Waals surface area contributed by atoms with E-state index in [1.807, 2.05) is 6.07 Å². The Labute approximate surface area is 102 Å². The topological polar surface area (TPSA) is 65.8 Å². The number of pyridine rings is 1. The second-order valence-corrected chi connectivity index (χ2v) is 3.70. The molecule has 0 radical (unpaired) electrons. The highest BCUT2D eigenvalue weighted by Crippen LogP contribution is 1.94. The summed E-state index contributed by atoms with van der Waals surface area (Å²) in [6.07, 6.45) is 3.32. The minimum atomic E-state index is 0.0772. The van der Waals surface area contributed by atoms with Crippen molar-refractivity contribution in [3.8, 4) is 0 Å². The third-order valence-electron chi connectivity index (χ3n) is 2.43. The molecule has 17 heavy (non-hydrogen) atoms. The van der Waals surface area contributed by atoms with E-state index in [0.717, 1.165) is 38.4 Å². The van der Waals surface area contributed by atoms with Crippen molar-refractivity contribution >= 4 is 0 Å². The normalized spacial score (nSPS) is 16.1. The largest absolute Gasteiger partial charge is 0.395 e. The number of aliphatic hydroxyl groups excluding tert-OH is 2. The average Bonchev–Trinajstić information content (AvgIpc) is 2.42. The van der Waals surface area contributed by atoms with Crippen molar-refractivity contribution in [1.29, 1.82) is 0 Å². The molecule has 1 aliphatic heterocycles. The average molecular weight is 240 g/mol.